The molecule has 0 N–H and O–H groups in total. The zero-order valence-corrected chi connectivity index (χ0v) is 36.0. The number of benzene rings is 1. The second-order valence-corrected chi connectivity index (χ2v) is 27.9. The summed E-state index contributed by atoms with van der Waals surface area (Å²) in [5, 5.41) is 0.219. The predicted molar refractivity (Wildman–Crippen MR) is 211 cm³/mol. The Bertz CT molecular complexity index is 1420. The van der Waals surface area contributed by atoms with Crippen LogP contribution in [0, 0.1) is 17.8 Å². The van der Waals surface area contributed by atoms with Gasteiger partial charge in [-0.05, 0) is 105 Å². The van der Waals surface area contributed by atoms with Crippen LogP contribution >= 0.6 is 0 Å². The van der Waals surface area contributed by atoms with Gasteiger partial charge in [0.25, 0.3) is 0 Å². The molecule has 1 saturated heterocycles. The molecule has 1 unspecified atom stereocenters. The van der Waals surface area contributed by atoms with Gasteiger partial charge in [0.2, 0.25) is 0 Å². The lowest BCUT2D eigenvalue weighted by Gasteiger charge is -2.46. The number of carbonyl (C=O) groups is 2. The van der Waals surface area contributed by atoms with Crippen LogP contribution in [0.2, 0.25) is 36.3 Å². The fourth-order valence-electron chi connectivity index (χ4n) is 7.27. The second-order valence-electron chi connectivity index (χ2n) is 18.4. The number of rotatable bonds is 13. The summed E-state index contributed by atoms with van der Waals surface area (Å²) in [5.74, 6) is 0.542. The first-order valence-electron chi connectivity index (χ1n) is 19.5. The second kappa shape index (κ2) is 16.5. The molecule has 0 radical (unpaired) electrons. The zero-order chi connectivity index (χ0) is 37.9. The Labute approximate surface area is 311 Å². The molecule has 7 nitrogen and oxygen atoms in total. The molecule has 1 aromatic rings. The molecule has 1 aliphatic heterocycles. The fourth-order valence-corrected chi connectivity index (χ4v) is 9.95. The van der Waals surface area contributed by atoms with Crippen molar-refractivity contribution in [1.82, 2.24) is 0 Å². The SMILES string of the molecule is CCC(Oc1ccccc1C(C)=O)C(=O)O[C@H]1C[C@H](O[Si](C)(C)C(C)(C)C)C=C2C=C[C@H](C)[C@H](CC[C@@H]3C[C@H](O[Si](C)(C)C(C)(C)C)CCO3)[C@H]21. The van der Waals surface area contributed by atoms with Crippen molar-refractivity contribution in [3.63, 3.8) is 0 Å². The Kier molecular flexibility index (Phi) is 13.5. The van der Waals surface area contributed by atoms with Crippen molar-refractivity contribution in [2.24, 2.45) is 17.8 Å². The Hall–Kier alpha value is -2.05. The van der Waals surface area contributed by atoms with Gasteiger partial charge in [0.05, 0.1) is 17.8 Å². The van der Waals surface area contributed by atoms with E-state index in [0.717, 1.165) is 32.3 Å². The fraction of sp³-hybridized carbons (Fsp3) is 0.714. The van der Waals surface area contributed by atoms with Crippen LogP contribution in [0.15, 0.2) is 48.1 Å². The minimum Gasteiger partial charge on any atom is -0.478 e. The van der Waals surface area contributed by atoms with Gasteiger partial charge < -0.3 is 23.1 Å². The van der Waals surface area contributed by atoms with E-state index in [1.807, 2.05) is 13.0 Å². The lowest BCUT2D eigenvalue weighted by Crippen LogP contribution is -2.49. The molecule has 3 aliphatic rings. The minimum absolute atomic E-state index is 0.0399. The van der Waals surface area contributed by atoms with Crippen molar-refractivity contribution >= 4 is 28.4 Å². The van der Waals surface area contributed by atoms with E-state index in [4.69, 9.17) is 23.1 Å². The Morgan fingerprint density at radius 3 is 2.22 bits per heavy atom. The average Bonchev–Trinajstić information content (AvgIpc) is 3.02. The van der Waals surface area contributed by atoms with Gasteiger partial charge in [0.15, 0.2) is 28.5 Å². The van der Waals surface area contributed by atoms with Crippen LogP contribution in [0.4, 0.5) is 0 Å². The summed E-state index contributed by atoms with van der Waals surface area (Å²) < 4.78 is 32.9. The molecule has 4 rings (SSSR count). The molecule has 0 aromatic heterocycles. The Morgan fingerprint density at radius 1 is 0.941 bits per heavy atom. The first kappa shape index (κ1) is 41.7. The van der Waals surface area contributed by atoms with E-state index in [2.05, 4.69) is 92.9 Å². The standard InChI is InChI=1S/C42H68O7Si2/c1-14-36(46-37-18-16-15-17-35(37)29(3)43)40(44)47-38-27-33(49-51(12,13)42(7,8)9)25-30-20-19-28(2)34(39(30)38)22-21-31-26-32(23-24-45-31)48-50(10,11)41(4,5)6/h15-20,25,28,31-34,36,38-39H,14,21-24,26-27H2,1-13H3/t28-,31+,32+,33+,34-,36?,38-,39-/m0/s1. The zero-order valence-electron chi connectivity index (χ0n) is 34.0. The van der Waals surface area contributed by atoms with E-state index >= 15 is 0 Å². The maximum absolute atomic E-state index is 14.0. The van der Waals surface area contributed by atoms with Crippen molar-refractivity contribution < 1.29 is 32.7 Å². The van der Waals surface area contributed by atoms with Crippen molar-refractivity contribution in [2.75, 3.05) is 6.61 Å². The molecule has 2 aliphatic carbocycles. The summed E-state index contributed by atoms with van der Waals surface area (Å²) in [6.07, 6.45) is 10.7. The molecule has 0 bridgehead atoms. The number of para-hydroxylation sites is 1. The molecule has 8 atom stereocenters. The highest BCUT2D eigenvalue weighted by molar-refractivity contribution is 6.74. The van der Waals surface area contributed by atoms with Crippen LogP contribution in [0.5, 0.6) is 5.75 Å². The normalized spacial score (nSPS) is 28.0. The number of ether oxygens (including phenoxy) is 3. The number of allylic oxidation sites excluding steroid dienone is 2. The molecular formula is C42H68O7Si2. The largest absolute Gasteiger partial charge is 0.478 e. The number of fused-ring (bicyclic) bond motifs is 1. The first-order valence-corrected chi connectivity index (χ1v) is 25.3. The maximum atomic E-state index is 14.0. The van der Waals surface area contributed by atoms with E-state index < -0.39 is 28.7 Å². The van der Waals surface area contributed by atoms with Gasteiger partial charge in [-0.1, -0.05) is 85.8 Å². The Morgan fingerprint density at radius 2 is 1.59 bits per heavy atom. The molecule has 0 amide bonds. The molecule has 0 saturated carbocycles. The third-order valence-electron chi connectivity index (χ3n) is 12.5. The number of ketones is 1. The highest BCUT2D eigenvalue weighted by atomic mass is 28.4. The quantitative estimate of drug-likeness (QED) is 0.113. The lowest BCUT2D eigenvalue weighted by atomic mass is 9.66. The number of esters is 1. The number of hydrogen-bond donors (Lipinski definition) is 0. The number of hydrogen-bond acceptors (Lipinski definition) is 7. The molecule has 286 valence electrons. The molecule has 9 heteroatoms. The third kappa shape index (κ3) is 10.3. The molecule has 1 fully saturated rings. The number of carbonyl (C=O) groups excluding carboxylic acids is 2. The lowest BCUT2D eigenvalue weighted by molar-refractivity contribution is -0.163. The summed E-state index contributed by atoms with van der Waals surface area (Å²) in [4.78, 5) is 26.4. The highest BCUT2D eigenvalue weighted by Crippen LogP contribution is 2.47. The van der Waals surface area contributed by atoms with Gasteiger partial charge in [0, 0.05) is 25.0 Å². The minimum atomic E-state index is -2.11. The van der Waals surface area contributed by atoms with Crippen LogP contribution < -0.4 is 4.74 Å². The van der Waals surface area contributed by atoms with E-state index in [-0.39, 0.29) is 52.1 Å². The van der Waals surface area contributed by atoms with E-state index in [1.165, 1.54) is 12.5 Å². The van der Waals surface area contributed by atoms with Crippen LogP contribution in [0.25, 0.3) is 0 Å². The Balaban J connectivity index is 1.57. The maximum Gasteiger partial charge on any atom is 0.347 e. The topological polar surface area (TPSA) is 80.3 Å². The predicted octanol–water partition coefficient (Wildman–Crippen LogP) is 10.5. The summed E-state index contributed by atoms with van der Waals surface area (Å²) in [6.45, 7) is 29.3. The van der Waals surface area contributed by atoms with Crippen LogP contribution in [0.3, 0.4) is 0 Å². The summed E-state index contributed by atoms with van der Waals surface area (Å²) in [5.41, 5.74) is 1.66. The summed E-state index contributed by atoms with van der Waals surface area (Å²) in [7, 11) is -3.99. The van der Waals surface area contributed by atoms with Crippen LogP contribution in [-0.4, -0.2) is 65.5 Å². The van der Waals surface area contributed by atoms with Gasteiger partial charge >= 0.3 is 5.97 Å². The van der Waals surface area contributed by atoms with Gasteiger partial charge in [0.1, 0.15) is 11.9 Å². The summed E-state index contributed by atoms with van der Waals surface area (Å²) >= 11 is 0. The smallest absolute Gasteiger partial charge is 0.347 e. The first-order chi connectivity index (χ1) is 23.6. The van der Waals surface area contributed by atoms with Gasteiger partial charge in [-0.2, -0.15) is 0 Å². The molecule has 0 spiro atoms. The van der Waals surface area contributed by atoms with Gasteiger partial charge in [-0.15, -0.1) is 0 Å². The van der Waals surface area contributed by atoms with Crippen LogP contribution in [-0.2, 0) is 23.1 Å². The highest BCUT2D eigenvalue weighted by Gasteiger charge is 2.46. The molecule has 51 heavy (non-hydrogen) atoms. The molecular weight excluding hydrogens is 673 g/mol. The third-order valence-corrected chi connectivity index (χ3v) is 21.5. The van der Waals surface area contributed by atoms with Crippen LogP contribution in [0.1, 0.15) is 111 Å². The van der Waals surface area contributed by atoms with E-state index in [9.17, 15) is 9.59 Å². The van der Waals surface area contributed by atoms with E-state index in [0.29, 0.717) is 30.1 Å². The molecule has 1 aromatic carbocycles. The van der Waals surface area contributed by atoms with Crippen molar-refractivity contribution in [3.8, 4) is 5.75 Å². The van der Waals surface area contributed by atoms with Crippen molar-refractivity contribution in [3.05, 3.63) is 53.6 Å². The van der Waals surface area contributed by atoms with Gasteiger partial charge in [-0.25, -0.2) is 4.79 Å². The van der Waals surface area contributed by atoms with Crippen molar-refractivity contribution in [1.29, 1.82) is 0 Å². The average molecular weight is 741 g/mol. The van der Waals surface area contributed by atoms with Crippen molar-refractivity contribution in [2.45, 2.75) is 168 Å². The summed E-state index contributed by atoms with van der Waals surface area (Å²) in [6, 6.07) is 7.10. The van der Waals surface area contributed by atoms with Gasteiger partial charge in [-0.3, -0.25) is 4.79 Å². The number of Topliss-reactive ketones (excluding diaryl/α,β-unsaturated/α-hetero) is 1. The molecule has 1 heterocycles. The monoisotopic (exact) mass is 740 g/mol. The van der Waals surface area contributed by atoms with E-state index in [1.54, 1.807) is 18.2 Å².